The lowest BCUT2D eigenvalue weighted by atomic mass is 10.2. The molecule has 0 fully saturated rings. The Morgan fingerprint density at radius 2 is 2.06 bits per heavy atom. The first-order valence-corrected chi connectivity index (χ1v) is 7.66. The van der Waals surface area contributed by atoms with Crippen LogP contribution in [0.25, 0.3) is 0 Å². The second-order valence-corrected chi connectivity index (χ2v) is 6.86. The molecule has 7 heteroatoms. The van der Waals surface area contributed by atoms with E-state index in [1.54, 1.807) is 6.92 Å². The summed E-state index contributed by atoms with van der Waals surface area (Å²) in [5, 5.41) is 2.93. The number of amides is 1. The fourth-order valence-electron chi connectivity index (χ4n) is 1.55. The Morgan fingerprint density at radius 1 is 1.44 bits per heavy atom. The maximum absolute atomic E-state index is 11.8. The maximum atomic E-state index is 11.8. The molecule has 0 spiro atoms. The molecule has 5 nitrogen and oxygen atoms in total. The number of anilines is 1. The number of halogens is 1. The first kappa shape index (κ1) is 14.8. The zero-order valence-electron chi connectivity index (χ0n) is 10.1. The lowest BCUT2D eigenvalue weighted by Crippen LogP contribution is -2.37. The van der Waals surface area contributed by atoms with Crippen LogP contribution in [-0.2, 0) is 9.84 Å². The molecule has 0 aliphatic carbocycles. The molecule has 1 atom stereocenters. The van der Waals surface area contributed by atoms with Gasteiger partial charge in [-0.2, -0.15) is 0 Å². The van der Waals surface area contributed by atoms with Crippen molar-refractivity contribution < 1.29 is 13.2 Å². The molecule has 0 bridgehead atoms. The molecule has 1 rings (SSSR count). The number of carbonyl (C=O) groups excluding carboxylic acids is 1. The van der Waals surface area contributed by atoms with Crippen LogP contribution in [0, 0.1) is 0 Å². The largest absolute Gasteiger partial charge is 0.399 e. The molecule has 1 amide bonds. The minimum atomic E-state index is -3.13. The Morgan fingerprint density at radius 3 is 2.56 bits per heavy atom. The van der Waals surface area contributed by atoms with E-state index in [0.717, 1.165) is 6.26 Å². The highest BCUT2D eigenvalue weighted by Crippen LogP contribution is 2.16. The zero-order chi connectivity index (χ0) is 13.9. The Bertz CT molecular complexity index is 537. The molecular weight excluding hydrogens is 276 g/mol. The summed E-state index contributed by atoms with van der Waals surface area (Å²) in [7, 11) is -3.13. The third kappa shape index (κ3) is 4.93. The van der Waals surface area contributed by atoms with Crippen molar-refractivity contribution in [3.05, 3.63) is 28.8 Å². The highest BCUT2D eigenvalue weighted by atomic mass is 35.5. The van der Waals surface area contributed by atoms with Crippen molar-refractivity contribution >= 4 is 33.0 Å². The van der Waals surface area contributed by atoms with Crippen molar-refractivity contribution in [3.63, 3.8) is 0 Å². The maximum Gasteiger partial charge on any atom is 0.251 e. The lowest BCUT2D eigenvalue weighted by Gasteiger charge is -2.13. The van der Waals surface area contributed by atoms with Gasteiger partial charge in [0.1, 0.15) is 9.84 Å². The van der Waals surface area contributed by atoms with Crippen LogP contribution in [0.1, 0.15) is 17.3 Å². The number of sulfone groups is 1. The van der Waals surface area contributed by atoms with Gasteiger partial charge >= 0.3 is 0 Å². The summed E-state index contributed by atoms with van der Waals surface area (Å²) in [5.74, 6) is -0.519. The fraction of sp³-hybridized carbons (Fsp3) is 0.364. The first-order chi connectivity index (χ1) is 8.17. The lowest BCUT2D eigenvalue weighted by molar-refractivity contribution is 0.0943. The van der Waals surface area contributed by atoms with Crippen LogP contribution in [0.4, 0.5) is 5.69 Å². The van der Waals surface area contributed by atoms with Crippen LogP contribution >= 0.6 is 11.6 Å². The van der Waals surface area contributed by atoms with Gasteiger partial charge in [-0.1, -0.05) is 11.6 Å². The van der Waals surface area contributed by atoms with Gasteiger partial charge in [0.2, 0.25) is 0 Å². The van der Waals surface area contributed by atoms with E-state index < -0.39 is 21.8 Å². The van der Waals surface area contributed by atoms with Gasteiger partial charge in [0.25, 0.3) is 5.91 Å². The molecule has 0 aromatic heterocycles. The van der Waals surface area contributed by atoms with Crippen LogP contribution in [0.15, 0.2) is 18.2 Å². The highest BCUT2D eigenvalue weighted by molar-refractivity contribution is 7.90. The second-order valence-electron chi connectivity index (χ2n) is 4.24. The van der Waals surface area contributed by atoms with Crippen molar-refractivity contribution in [1.82, 2.24) is 5.32 Å². The zero-order valence-corrected chi connectivity index (χ0v) is 11.7. The molecule has 3 N–H and O–H groups in total. The van der Waals surface area contributed by atoms with E-state index in [4.69, 9.17) is 17.3 Å². The third-order valence-electron chi connectivity index (χ3n) is 2.11. The Kier molecular flexibility index (Phi) is 4.59. The molecule has 0 radical (unpaired) electrons. The number of hydrogen-bond donors (Lipinski definition) is 2. The summed E-state index contributed by atoms with van der Waals surface area (Å²) in [5.41, 5.74) is 6.25. The van der Waals surface area contributed by atoms with E-state index in [-0.39, 0.29) is 5.75 Å². The molecule has 1 aromatic rings. The standard InChI is InChI=1S/C11H15ClN2O3S/c1-7(6-18(2,16)17)14-11(15)8-3-9(12)5-10(13)4-8/h3-5,7H,6,13H2,1-2H3,(H,14,15). The molecular formula is C11H15ClN2O3S. The van der Waals surface area contributed by atoms with Crippen LogP contribution in [0.3, 0.4) is 0 Å². The van der Waals surface area contributed by atoms with Gasteiger partial charge in [-0.15, -0.1) is 0 Å². The normalized spacial score (nSPS) is 13.1. The van der Waals surface area contributed by atoms with Gasteiger partial charge in [0, 0.05) is 28.6 Å². The Hall–Kier alpha value is -1.27. The van der Waals surface area contributed by atoms with E-state index in [9.17, 15) is 13.2 Å². The number of nitrogens with one attached hydrogen (secondary N) is 1. The smallest absolute Gasteiger partial charge is 0.251 e. The van der Waals surface area contributed by atoms with Crippen molar-refractivity contribution in [3.8, 4) is 0 Å². The van der Waals surface area contributed by atoms with E-state index in [0.29, 0.717) is 16.3 Å². The predicted octanol–water partition coefficient (Wildman–Crippen LogP) is 1.09. The predicted molar refractivity (Wildman–Crippen MR) is 72.5 cm³/mol. The monoisotopic (exact) mass is 290 g/mol. The first-order valence-electron chi connectivity index (χ1n) is 5.22. The van der Waals surface area contributed by atoms with Crippen molar-refractivity contribution in [1.29, 1.82) is 0 Å². The minimum absolute atomic E-state index is 0.116. The van der Waals surface area contributed by atoms with Gasteiger partial charge in [-0.25, -0.2) is 8.42 Å². The van der Waals surface area contributed by atoms with Gasteiger partial charge in [0.05, 0.1) is 5.75 Å². The van der Waals surface area contributed by atoms with E-state index in [2.05, 4.69) is 5.32 Å². The summed E-state index contributed by atoms with van der Waals surface area (Å²) in [4.78, 5) is 11.8. The quantitative estimate of drug-likeness (QED) is 0.812. The number of benzene rings is 1. The summed E-state index contributed by atoms with van der Waals surface area (Å²) in [6.07, 6.45) is 1.12. The molecule has 0 aliphatic heterocycles. The highest BCUT2D eigenvalue weighted by Gasteiger charge is 2.14. The topological polar surface area (TPSA) is 89.3 Å². The molecule has 1 aromatic carbocycles. The third-order valence-corrected chi connectivity index (χ3v) is 3.44. The van der Waals surface area contributed by atoms with Gasteiger partial charge in [0.15, 0.2) is 0 Å². The van der Waals surface area contributed by atoms with E-state index in [1.807, 2.05) is 0 Å². The SMILES string of the molecule is CC(CS(C)(=O)=O)NC(=O)c1cc(N)cc(Cl)c1. The average molecular weight is 291 g/mol. The van der Waals surface area contributed by atoms with Crippen LogP contribution in [-0.4, -0.2) is 32.4 Å². The molecule has 0 heterocycles. The van der Waals surface area contributed by atoms with Crippen LogP contribution in [0.2, 0.25) is 5.02 Å². The summed E-state index contributed by atoms with van der Waals surface area (Å²) in [6.45, 7) is 1.62. The van der Waals surface area contributed by atoms with Gasteiger partial charge < -0.3 is 11.1 Å². The number of hydrogen-bond acceptors (Lipinski definition) is 4. The number of nitrogen functional groups attached to an aromatic ring is 1. The summed E-state index contributed by atoms with van der Waals surface area (Å²) in [6, 6.07) is 4.00. The fourth-order valence-corrected chi connectivity index (χ4v) is 2.78. The van der Waals surface area contributed by atoms with E-state index >= 15 is 0 Å². The molecule has 1 unspecified atom stereocenters. The summed E-state index contributed by atoms with van der Waals surface area (Å²) >= 11 is 5.78. The molecule has 0 aliphatic rings. The summed E-state index contributed by atoms with van der Waals surface area (Å²) < 4.78 is 22.2. The van der Waals surface area contributed by atoms with Crippen LogP contribution in [0.5, 0.6) is 0 Å². The van der Waals surface area contributed by atoms with Crippen molar-refractivity contribution in [2.75, 3.05) is 17.7 Å². The van der Waals surface area contributed by atoms with Gasteiger partial charge in [-0.05, 0) is 25.1 Å². The van der Waals surface area contributed by atoms with Crippen molar-refractivity contribution in [2.24, 2.45) is 0 Å². The van der Waals surface area contributed by atoms with Crippen LogP contribution < -0.4 is 11.1 Å². The molecule has 0 saturated heterocycles. The molecule has 100 valence electrons. The Labute approximate surface area is 111 Å². The molecule has 18 heavy (non-hydrogen) atoms. The Balaban J connectivity index is 2.76. The number of rotatable bonds is 4. The minimum Gasteiger partial charge on any atom is -0.399 e. The number of nitrogens with two attached hydrogens (primary N) is 1. The van der Waals surface area contributed by atoms with Gasteiger partial charge in [-0.3, -0.25) is 4.79 Å². The second kappa shape index (κ2) is 5.58. The molecule has 0 saturated carbocycles. The number of carbonyl (C=O) groups is 1. The van der Waals surface area contributed by atoms with E-state index in [1.165, 1.54) is 18.2 Å². The average Bonchev–Trinajstić information content (AvgIpc) is 2.12. The van der Waals surface area contributed by atoms with Crippen molar-refractivity contribution in [2.45, 2.75) is 13.0 Å².